The van der Waals surface area contributed by atoms with E-state index in [0.717, 1.165) is 28.1 Å². The Kier molecular flexibility index (Phi) is 3.81. The SMILES string of the molecule is O=C(c1cccs1)N1N=C(c2ccsc2)C[C@@H]1c1ccccc1. The lowest BCUT2D eigenvalue weighted by atomic mass is 10.00. The molecule has 5 heteroatoms. The normalized spacial score (nSPS) is 17.3. The zero-order valence-electron chi connectivity index (χ0n) is 12.3. The van der Waals surface area contributed by atoms with Crippen LogP contribution in [0.5, 0.6) is 0 Å². The Morgan fingerprint density at radius 1 is 1.09 bits per heavy atom. The summed E-state index contributed by atoms with van der Waals surface area (Å²) in [6, 6.07) is 15.9. The summed E-state index contributed by atoms with van der Waals surface area (Å²) >= 11 is 3.10. The molecule has 0 unspecified atom stereocenters. The van der Waals surface area contributed by atoms with Crippen molar-refractivity contribution in [3.8, 4) is 0 Å². The van der Waals surface area contributed by atoms with E-state index in [2.05, 4.69) is 28.7 Å². The quantitative estimate of drug-likeness (QED) is 0.675. The van der Waals surface area contributed by atoms with Crippen LogP contribution in [0, 0.1) is 0 Å². The highest BCUT2D eigenvalue weighted by atomic mass is 32.1. The van der Waals surface area contributed by atoms with E-state index in [0.29, 0.717) is 0 Å². The second-order valence-corrected chi connectivity index (χ2v) is 7.04. The van der Waals surface area contributed by atoms with Crippen LogP contribution in [0.25, 0.3) is 0 Å². The van der Waals surface area contributed by atoms with Gasteiger partial charge in [0.2, 0.25) is 0 Å². The Labute approximate surface area is 142 Å². The van der Waals surface area contributed by atoms with Gasteiger partial charge in [0.05, 0.1) is 16.6 Å². The van der Waals surface area contributed by atoms with Gasteiger partial charge in [0.15, 0.2) is 0 Å². The molecule has 0 fully saturated rings. The Morgan fingerprint density at radius 3 is 2.65 bits per heavy atom. The molecule has 0 saturated heterocycles. The molecule has 0 bridgehead atoms. The standard InChI is InChI=1S/C18H14N2OS2/c21-18(17-7-4-9-23-17)20-16(13-5-2-1-3-6-13)11-15(19-20)14-8-10-22-12-14/h1-10,12,16H,11H2/t16-/m1/s1. The van der Waals surface area contributed by atoms with Crippen LogP contribution in [0.15, 0.2) is 69.8 Å². The number of amides is 1. The summed E-state index contributed by atoms with van der Waals surface area (Å²) in [6.45, 7) is 0. The molecule has 0 saturated carbocycles. The van der Waals surface area contributed by atoms with Gasteiger partial charge in [-0.3, -0.25) is 4.79 Å². The number of nitrogens with zero attached hydrogens (tertiary/aromatic N) is 2. The van der Waals surface area contributed by atoms with E-state index < -0.39 is 0 Å². The second-order valence-electron chi connectivity index (χ2n) is 5.32. The second kappa shape index (κ2) is 6.10. The van der Waals surface area contributed by atoms with Crippen molar-refractivity contribution in [2.75, 3.05) is 0 Å². The van der Waals surface area contributed by atoms with Gasteiger partial charge in [-0.05, 0) is 33.8 Å². The first-order chi connectivity index (χ1) is 11.3. The highest BCUT2D eigenvalue weighted by Gasteiger charge is 2.33. The molecule has 0 aliphatic carbocycles. The van der Waals surface area contributed by atoms with Crippen LogP contribution in [0.1, 0.15) is 33.3 Å². The lowest BCUT2D eigenvalue weighted by molar-refractivity contribution is 0.0716. The average Bonchev–Trinajstić information content (AvgIpc) is 3.35. The molecular formula is C18H14N2OS2. The Hall–Kier alpha value is -2.24. The molecule has 3 heterocycles. The maximum atomic E-state index is 12.8. The predicted molar refractivity (Wildman–Crippen MR) is 95.1 cm³/mol. The van der Waals surface area contributed by atoms with E-state index in [4.69, 9.17) is 0 Å². The van der Waals surface area contributed by atoms with Gasteiger partial charge >= 0.3 is 0 Å². The van der Waals surface area contributed by atoms with E-state index in [-0.39, 0.29) is 11.9 Å². The maximum absolute atomic E-state index is 12.8. The summed E-state index contributed by atoms with van der Waals surface area (Å²) in [4.78, 5) is 13.6. The van der Waals surface area contributed by atoms with Crippen molar-refractivity contribution in [1.29, 1.82) is 0 Å². The first-order valence-corrected chi connectivity index (χ1v) is 9.17. The van der Waals surface area contributed by atoms with Crippen molar-refractivity contribution in [2.24, 2.45) is 5.10 Å². The highest BCUT2D eigenvalue weighted by molar-refractivity contribution is 7.12. The number of carbonyl (C=O) groups excluding carboxylic acids is 1. The van der Waals surface area contributed by atoms with Crippen LogP contribution in [0.3, 0.4) is 0 Å². The van der Waals surface area contributed by atoms with Crippen molar-refractivity contribution >= 4 is 34.3 Å². The number of hydrogen-bond acceptors (Lipinski definition) is 4. The smallest absolute Gasteiger partial charge is 0.266 e. The number of benzene rings is 1. The van der Waals surface area contributed by atoms with Gasteiger partial charge in [-0.2, -0.15) is 16.4 Å². The molecule has 1 aliphatic heterocycles. The summed E-state index contributed by atoms with van der Waals surface area (Å²) in [6.07, 6.45) is 0.748. The van der Waals surface area contributed by atoms with Gasteiger partial charge in [0.25, 0.3) is 5.91 Å². The average molecular weight is 338 g/mol. The molecule has 1 amide bonds. The topological polar surface area (TPSA) is 32.7 Å². The highest BCUT2D eigenvalue weighted by Crippen LogP contribution is 2.34. The van der Waals surface area contributed by atoms with Gasteiger partial charge in [-0.25, -0.2) is 5.01 Å². The third kappa shape index (κ3) is 2.73. The maximum Gasteiger partial charge on any atom is 0.284 e. The zero-order valence-corrected chi connectivity index (χ0v) is 13.9. The number of thiophene rings is 2. The zero-order chi connectivity index (χ0) is 15.6. The van der Waals surface area contributed by atoms with Gasteiger partial charge in [-0.1, -0.05) is 36.4 Å². The third-order valence-corrected chi connectivity index (χ3v) is 5.43. The predicted octanol–water partition coefficient (Wildman–Crippen LogP) is 4.80. The molecule has 0 spiro atoms. The van der Waals surface area contributed by atoms with Crippen molar-refractivity contribution in [3.05, 3.63) is 80.7 Å². The number of carbonyl (C=O) groups is 1. The van der Waals surface area contributed by atoms with Crippen LogP contribution < -0.4 is 0 Å². The molecular weight excluding hydrogens is 324 g/mol. The van der Waals surface area contributed by atoms with E-state index in [1.165, 1.54) is 11.3 Å². The summed E-state index contributed by atoms with van der Waals surface area (Å²) in [5, 5.41) is 12.4. The number of hydrogen-bond donors (Lipinski definition) is 0. The van der Waals surface area contributed by atoms with Gasteiger partial charge < -0.3 is 0 Å². The van der Waals surface area contributed by atoms with E-state index in [9.17, 15) is 4.79 Å². The van der Waals surface area contributed by atoms with E-state index >= 15 is 0 Å². The third-order valence-electron chi connectivity index (χ3n) is 3.89. The van der Waals surface area contributed by atoms with Crippen molar-refractivity contribution in [1.82, 2.24) is 5.01 Å². The van der Waals surface area contributed by atoms with Gasteiger partial charge in [-0.15, -0.1) is 11.3 Å². The fourth-order valence-electron chi connectivity index (χ4n) is 2.75. The number of hydrazone groups is 1. The van der Waals surface area contributed by atoms with Crippen LogP contribution in [0.2, 0.25) is 0 Å². The lowest BCUT2D eigenvalue weighted by Crippen LogP contribution is -2.26. The fraction of sp³-hybridized carbons (Fsp3) is 0.111. The molecule has 1 aromatic carbocycles. The largest absolute Gasteiger partial charge is 0.284 e. The Bertz CT molecular complexity index is 823. The molecule has 2 aromatic heterocycles. The fourth-order valence-corrected chi connectivity index (χ4v) is 4.07. The first kappa shape index (κ1) is 14.4. The molecule has 0 radical (unpaired) electrons. The molecule has 1 aliphatic rings. The van der Waals surface area contributed by atoms with Crippen LogP contribution in [0.4, 0.5) is 0 Å². The Morgan fingerprint density at radius 2 is 1.96 bits per heavy atom. The Balaban J connectivity index is 1.72. The molecule has 114 valence electrons. The summed E-state index contributed by atoms with van der Waals surface area (Å²) < 4.78 is 0. The molecule has 1 atom stereocenters. The summed E-state index contributed by atoms with van der Waals surface area (Å²) in [5.41, 5.74) is 3.20. The minimum atomic E-state index is -0.0410. The molecule has 3 aromatic rings. The van der Waals surface area contributed by atoms with Crippen LogP contribution in [-0.4, -0.2) is 16.6 Å². The van der Waals surface area contributed by atoms with Crippen molar-refractivity contribution in [2.45, 2.75) is 12.5 Å². The summed E-state index contributed by atoms with van der Waals surface area (Å²) in [5.74, 6) is -0.0286. The number of rotatable bonds is 3. The minimum absolute atomic E-state index is 0.0286. The molecule has 0 N–H and O–H groups in total. The lowest BCUT2D eigenvalue weighted by Gasteiger charge is -2.21. The first-order valence-electron chi connectivity index (χ1n) is 7.35. The van der Waals surface area contributed by atoms with Crippen LogP contribution >= 0.6 is 22.7 Å². The van der Waals surface area contributed by atoms with Crippen molar-refractivity contribution < 1.29 is 4.79 Å². The molecule has 3 nitrogen and oxygen atoms in total. The molecule has 4 rings (SSSR count). The monoisotopic (exact) mass is 338 g/mol. The van der Waals surface area contributed by atoms with E-state index in [1.807, 2.05) is 41.1 Å². The molecule has 23 heavy (non-hydrogen) atoms. The van der Waals surface area contributed by atoms with Crippen LogP contribution in [-0.2, 0) is 0 Å². The van der Waals surface area contributed by atoms with E-state index in [1.54, 1.807) is 16.3 Å². The minimum Gasteiger partial charge on any atom is -0.266 e. The summed E-state index contributed by atoms with van der Waals surface area (Å²) in [7, 11) is 0. The van der Waals surface area contributed by atoms with Gasteiger partial charge in [0.1, 0.15) is 0 Å². The van der Waals surface area contributed by atoms with Gasteiger partial charge in [0, 0.05) is 12.0 Å². The van der Waals surface area contributed by atoms with Crippen molar-refractivity contribution in [3.63, 3.8) is 0 Å².